The maximum Gasteiger partial charge on any atom is 0.228 e. The Morgan fingerprint density at radius 2 is 1.79 bits per heavy atom. The molecule has 0 radical (unpaired) electrons. The normalized spacial score (nSPS) is 11.9. The predicted octanol–water partition coefficient (Wildman–Crippen LogP) is 3.07. The topological polar surface area (TPSA) is 20.3 Å². The second-order valence-electron chi connectivity index (χ2n) is 4.83. The van der Waals surface area contributed by atoms with E-state index in [9.17, 15) is 4.79 Å². The van der Waals surface area contributed by atoms with Crippen molar-refractivity contribution in [2.24, 2.45) is 5.41 Å². The minimum absolute atomic E-state index is 0.209. The molecule has 1 amide bonds. The highest BCUT2D eigenvalue weighted by atomic mass is 16.2. The highest BCUT2D eigenvalue weighted by molar-refractivity contribution is 5.82. The van der Waals surface area contributed by atoms with Gasteiger partial charge in [-0.25, -0.2) is 0 Å². The number of hydrogen-bond acceptors (Lipinski definition) is 1. The molecule has 0 aromatic carbocycles. The van der Waals surface area contributed by atoms with E-state index in [1.807, 2.05) is 18.7 Å². The van der Waals surface area contributed by atoms with E-state index in [0.717, 1.165) is 19.4 Å². The molecule has 0 aromatic heterocycles. The molecule has 0 bridgehead atoms. The lowest BCUT2D eigenvalue weighted by molar-refractivity contribution is -0.142. The Labute approximate surface area is 88.7 Å². The van der Waals surface area contributed by atoms with Crippen LogP contribution in [0.5, 0.6) is 0 Å². The van der Waals surface area contributed by atoms with Crippen LogP contribution >= 0.6 is 0 Å². The van der Waals surface area contributed by atoms with Crippen molar-refractivity contribution in [3.05, 3.63) is 0 Å². The fourth-order valence-electron chi connectivity index (χ4n) is 1.38. The Morgan fingerprint density at radius 3 is 2.07 bits per heavy atom. The summed E-state index contributed by atoms with van der Waals surface area (Å²) in [5.74, 6) is 0.289. The Hall–Kier alpha value is -0.530. The van der Waals surface area contributed by atoms with Gasteiger partial charge in [0, 0.05) is 18.0 Å². The van der Waals surface area contributed by atoms with E-state index in [2.05, 4.69) is 27.7 Å². The standard InChI is InChI=1S/C12H25NO/c1-7-9-13(10(3)4)11(14)12(5,6)8-2/h10H,7-9H2,1-6H3. The minimum Gasteiger partial charge on any atom is -0.340 e. The molecule has 0 N–H and O–H groups in total. The fourth-order valence-corrected chi connectivity index (χ4v) is 1.38. The number of hydrogen-bond donors (Lipinski definition) is 0. The van der Waals surface area contributed by atoms with Crippen molar-refractivity contribution in [1.82, 2.24) is 4.90 Å². The van der Waals surface area contributed by atoms with Crippen LogP contribution in [-0.2, 0) is 4.79 Å². The van der Waals surface area contributed by atoms with Gasteiger partial charge in [0.1, 0.15) is 0 Å². The molecule has 0 saturated carbocycles. The third kappa shape index (κ3) is 3.32. The zero-order valence-corrected chi connectivity index (χ0v) is 10.6. The van der Waals surface area contributed by atoms with E-state index < -0.39 is 0 Å². The largest absolute Gasteiger partial charge is 0.340 e. The van der Waals surface area contributed by atoms with Crippen molar-refractivity contribution >= 4 is 5.91 Å². The Kier molecular flexibility index (Phi) is 5.17. The molecule has 0 atom stereocenters. The summed E-state index contributed by atoms with van der Waals surface area (Å²) >= 11 is 0. The zero-order valence-electron chi connectivity index (χ0n) is 10.6. The highest BCUT2D eigenvalue weighted by Crippen LogP contribution is 2.24. The van der Waals surface area contributed by atoms with Crippen molar-refractivity contribution in [1.29, 1.82) is 0 Å². The number of carbonyl (C=O) groups excluding carboxylic acids is 1. The first-order valence-corrected chi connectivity index (χ1v) is 5.67. The second-order valence-corrected chi connectivity index (χ2v) is 4.83. The number of rotatable bonds is 5. The molecular weight excluding hydrogens is 174 g/mol. The predicted molar refractivity (Wildman–Crippen MR) is 61.2 cm³/mol. The molecule has 0 aliphatic heterocycles. The summed E-state index contributed by atoms with van der Waals surface area (Å²) < 4.78 is 0. The van der Waals surface area contributed by atoms with Crippen LogP contribution < -0.4 is 0 Å². The quantitative estimate of drug-likeness (QED) is 0.666. The molecular formula is C12H25NO. The van der Waals surface area contributed by atoms with Gasteiger partial charge in [-0.3, -0.25) is 4.79 Å². The van der Waals surface area contributed by atoms with Gasteiger partial charge in [-0.05, 0) is 26.7 Å². The summed E-state index contributed by atoms with van der Waals surface area (Å²) in [4.78, 5) is 14.1. The molecule has 2 nitrogen and oxygen atoms in total. The van der Waals surface area contributed by atoms with Crippen LogP contribution in [0.4, 0.5) is 0 Å². The second kappa shape index (κ2) is 5.38. The maximum absolute atomic E-state index is 12.2. The van der Waals surface area contributed by atoms with Crippen LogP contribution in [0.1, 0.15) is 54.4 Å². The summed E-state index contributed by atoms with van der Waals surface area (Å²) in [5.41, 5.74) is -0.209. The summed E-state index contributed by atoms with van der Waals surface area (Å²) in [7, 11) is 0. The lowest BCUT2D eigenvalue weighted by Crippen LogP contribution is -2.44. The average molecular weight is 199 g/mol. The maximum atomic E-state index is 12.2. The van der Waals surface area contributed by atoms with E-state index in [1.165, 1.54) is 0 Å². The van der Waals surface area contributed by atoms with Crippen LogP contribution in [0.3, 0.4) is 0 Å². The van der Waals surface area contributed by atoms with E-state index >= 15 is 0 Å². The fraction of sp³-hybridized carbons (Fsp3) is 0.917. The highest BCUT2D eigenvalue weighted by Gasteiger charge is 2.30. The van der Waals surface area contributed by atoms with Crippen molar-refractivity contribution < 1.29 is 4.79 Å². The molecule has 0 aromatic rings. The van der Waals surface area contributed by atoms with Gasteiger partial charge in [-0.1, -0.05) is 27.7 Å². The molecule has 14 heavy (non-hydrogen) atoms. The Bertz CT molecular complexity index is 185. The van der Waals surface area contributed by atoms with Crippen LogP contribution in [0.15, 0.2) is 0 Å². The Morgan fingerprint density at radius 1 is 1.29 bits per heavy atom. The van der Waals surface area contributed by atoms with Crippen LogP contribution in [0.2, 0.25) is 0 Å². The van der Waals surface area contributed by atoms with Crippen molar-refractivity contribution in [2.75, 3.05) is 6.54 Å². The smallest absolute Gasteiger partial charge is 0.228 e. The van der Waals surface area contributed by atoms with Crippen LogP contribution in [0, 0.1) is 5.41 Å². The third-order valence-electron chi connectivity index (χ3n) is 2.81. The molecule has 0 rings (SSSR count). The first-order valence-electron chi connectivity index (χ1n) is 5.67. The number of nitrogens with zero attached hydrogens (tertiary/aromatic N) is 1. The van der Waals surface area contributed by atoms with Crippen molar-refractivity contribution in [3.8, 4) is 0 Å². The SMILES string of the molecule is CCCN(C(=O)C(C)(C)CC)C(C)C. The summed E-state index contributed by atoms with van der Waals surface area (Å²) in [6, 6.07) is 0.313. The van der Waals surface area contributed by atoms with Crippen LogP contribution in [-0.4, -0.2) is 23.4 Å². The van der Waals surface area contributed by atoms with Crippen LogP contribution in [0.25, 0.3) is 0 Å². The molecule has 0 spiro atoms. The summed E-state index contributed by atoms with van der Waals surface area (Å²) in [5, 5.41) is 0. The molecule has 0 unspecified atom stereocenters. The molecule has 0 heterocycles. The van der Waals surface area contributed by atoms with Gasteiger partial charge < -0.3 is 4.90 Å². The number of carbonyl (C=O) groups is 1. The van der Waals surface area contributed by atoms with Gasteiger partial charge in [0.25, 0.3) is 0 Å². The zero-order chi connectivity index (χ0) is 11.4. The Balaban J connectivity index is 4.59. The van der Waals surface area contributed by atoms with Crippen molar-refractivity contribution in [2.45, 2.75) is 60.4 Å². The lowest BCUT2D eigenvalue weighted by atomic mass is 9.88. The third-order valence-corrected chi connectivity index (χ3v) is 2.81. The molecule has 0 aliphatic rings. The first kappa shape index (κ1) is 13.5. The molecule has 2 heteroatoms. The van der Waals surface area contributed by atoms with Gasteiger partial charge in [0.2, 0.25) is 5.91 Å². The molecule has 84 valence electrons. The van der Waals surface area contributed by atoms with Gasteiger partial charge in [-0.2, -0.15) is 0 Å². The minimum atomic E-state index is -0.209. The molecule has 0 fully saturated rings. The van der Waals surface area contributed by atoms with E-state index in [4.69, 9.17) is 0 Å². The van der Waals surface area contributed by atoms with Gasteiger partial charge in [-0.15, -0.1) is 0 Å². The molecule has 0 saturated heterocycles. The van der Waals surface area contributed by atoms with Gasteiger partial charge in [0.15, 0.2) is 0 Å². The summed E-state index contributed by atoms with van der Waals surface area (Å²) in [6.07, 6.45) is 1.93. The van der Waals surface area contributed by atoms with E-state index in [0.29, 0.717) is 6.04 Å². The van der Waals surface area contributed by atoms with Gasteiger partial charge in [0.05, 0.1) is 0 Å². The molecule has 0 aliphatic carbocycles. The summed E-state index contributed by atoms with van der Waals surface area (Å²) in [6.45, 7) is 13.3. The number of amides is 1. The van der Waals surface area contributed by atoms with E-state index in [1.54, 1.807) is 0 Å². The average Bonchev–Trinajstić information content (AvgIpc) is 2.12. The van der Waals surface area contributed by atoms with Crippen molar-refractivity contribution in [3.63, 3.8) is 0 Å². The lowest BCUT2D eigenvalue weighted by Gasteiger charge is -2.34. The first-order chi connectivity index (χ1) is 6.36. The monoisotopic (exact) mass is 199 g/mol. The van der Waals surface area contributed by atoms with E-state index in [-0.39, 0.29) is 11.3 Å². The van der Waals surface area contributed by atoms with Gasteiger partial charge >= 0.3 is 0 Å².